The number of benzene rings is 1. The van der Waals surface area contributed by atoms with Crippen LogP contribution in [0, 0.1) is 0 Å². The Labute approximate surface area is 129 Å². The van der Waals surface area contributed by atoms with Gasteiger partial charge in [0.05, 0.1) is 38.5 Å². The smallest absolute Gasteiger partial charge is 0.322 e. The van der Waals surface area contributed by atoms with E-state index < -0.39 is 44.5 Å². The van der Waals surface area contributed by atoms with Gasteiger partial charge >= 0.3 is 6.03 Å². The molecule has 0 aromatic heterocycles. The molecule has 0 fully saturated rings. The summed E-state index contributed by atoms with van der Waals surface area (Å²) in [5.74, 6) is 0. The Morgan fingerprint density at radius 2 is 1.36 bits per heavy atom. The van der Waals surface area contributed by atoms with E-state index in [2.05, 4.69) is 10.6 Å². The van der Waals surface area contributed by atoms with Crippen molar-refractivity contribution >= 4 is 17.4 Å². The van der Waals surface area contributed by atoms with Crippen LogP contribution in [-0.2, 0) is 0 Å². The first-order chi connectivity index (χ1) is 10.6. The fraction of sp³-hybridized carbons (Fsp3) is 0.500. The number of carbonyl (C=O) groups is 1. The number of urea groups is 1. The second-order valence-corrected chi connectivity index (χ2v) is 4.70. The molecule has 0 aliphatic heterocycles. The Kier molecular flexibility index (Phi) is 7.61. The van der Waals surface area contributed by atoms with E-state index in [4.69, 9.17) is 0 Å². The van der Waals surface area contributed by atoms with Gasteiger partial charge in [0.15, 0.2) is 0 Å². The summed E-state index contributed by atoms with van der Waals surface area (Å²) in [4.78, 5) is 13.4. The van der Waals surface area contributed by atoms with Crippen molar-refractivity contribution in [2.75, 3.05) is 44.1 Å². The van der Waals surface area contributed by atoms with E-state index >= 15 is 0 Å². The molecular formula is C14H23N3O5. The van der Waals surface area contributed by atoms with Crippen molar-refractivity contribution in [2.45, 2.75) is 12.1 Å². The molecule has 6 N–H and O–H groups in total. The quantitative estimate of drug-likeness (QED) is 0.376. The number of nitrogens with one attached hydrogen (secondary N) is 2. The van der Waals surface area contributed by atoms with E-state index in [9.17, 15) is 25.2 Å². The number of aliphatic hydroxyl groups is 4. The molecule has 0 aliphatic carbocycles. The van der Waals surface area contributed by atoms with E-state index in [0.717, 1.165) is 10.6 Å². The van der Waals surface area contributed by atoms with Gasteiger partial charge in [-0.05, 0) is 24.3 Å². The van der Waals surface area contributed by atoms with Crippen LogP contribution in [0.25, 0.3) is 0 Å². The molecular weight excluding hydrogens is 290 g/mol. The summed E-state index contributed by atoms with van der Waals surface area (Å²) in [5, 5.41) is 42.6. The number of nitrogens with zero attached hydrogens (tertiary/aromatic N) is 1. The maximum atomic E-state index is 12.3. The van der Waals surface area contributed by atoms with Crippen molar-refractivity contribution < 1.29 is 25.2 Å². The molecule has 0 atom stereocenters. The first kappa shape index (κ1) is 18.2. The Morgan fingerprint density at radius 3 is 1.73 bits per heavy atom. The van der Waals surface area contributed by atoms with E-state index in [0.29, 0.717) is 5.69 Å². The lowest BCUT2D eigenvalue weighted by Crippen LogP contribution is -2.54. The average Bonchev–Trinajstić information content (AvgIpc) is 2.56. The predicted octanol–water partition coefficient (Wildman–Crippen LogP) is -0.731. The minimum atomic E-state index is -0.916. The lowest BCUT2D eigenvalue weighted by molar-refractivity contribution is 0.0307. The minimum absolute atomic E-state index is 0.487. The van der Waals surface area contributed by atoms with Crippen LogP contribution in [0.15, 0.2) is 24.3 Å². The fourth-order valence-corrected chi connectivity index (χ4v) is 2.01. The number of hydrogen-bond acceptors (Lipinski definition) is 6. The first-order valence-electron chi connectivity index (χ1n) is 6.91. The van der Waals surface area contributed by atoms with Gasteiger partial charge in [0.1, 0.15) is 0 Å². The molecule has 0 saturated heterocycles. The minimum Gasteiger partial charge on any atom is -0.394 e. The number of carbonyl (C=O) groups excluding carboxylic acids is 1. The zero-order valence-electron chi connectivity index (χ0n) is 12.4. The lowest BCUT2D eigenvalue weighted by Gasteiger charge is -2.34. The van der Waals surface area contributed by atoms with Crippen LogP contribution in [0.3, 0.4) is 0 Å². The van der Waals surface area contributed by atoms with Gasteiger partial charge in [0, 0.05) is 18.4 Å². The molecule has 0 radical (unpaired) electrons. The van der Waals surface area contributed by atoms with Crippen LogP contribution in [0.2, 0.25) is 0 Å². The third-order valence-electron chi connectivity index (χ3n) is 3.29. The van der Waals surface area contributed by atoms with Crippen LogP contribution in [-0.4, -0.2) is 76.9 Å². The molecule has 0 spiro atoms. The summed E-state index contributed by atoms with van der Waals surface area (Å²) < 4.78 is 0. The number of anilines is 2. The number of hydrogen-bond donors (Lipinski definition) is 6. The van der Waals surface area contributed by atoms with Crippen molar-refractivity contribution in [3.05, 3.63) is 24.3 Å². The van der Waals surface area contributed by atoms with Crippen LogP contribution < -0.4 is 10.6 Å². The third kappa shape index (κ3) is 4.57. The molecule has 0 aliphatic rings. The van der Waals surface area contributed by atoms with Crippen molar-refractivity contribution in [1.82, 2.24) is 4.90 Å². The predicted molar refractivity (Wildman–Crippen MR) is 82.8 cm³/mol. The van der Waals surface area contributed by atoms with Crippen LogP contribution >= 0.6 is 0 Å². The Hall–Kier alpha value is -1.87. The van der Waals surface area contributed by atoms with Gasteiger partial charge < -0.3 is 36.0 Å². The Morgan fingerprint density at radius 1 is 0.955 bits per heavy atom. The molecule has 0 unspecified atom stereocenters. The van der Waals surface area contributed by atoms with Crippen LogP contribution in [0.5, 0.6) is 0 Å². The number of rotatable bonds is 8. The summed E-state index contributed by atoms with van der Waals surface area (Å²) in [6.45, 7) is -1.95. The molecule has 0 saturated carbocycles. The average molecular weight is 313 g/mol. The summed E-state index contributed by atoms with van der Waals surface area (Å²) >= 11 is 0. The fourth-order valence-electron chi connectivity index (χ4n) is 2.01. The summed E-state index contributed by atoms with van der Waals surface area (Å²) in [6.07, 6.45) is 0. The van der Waals surface area contributed by atoms with E-state index in [1.54, 1.807) is 31.3 Å². The van der Waals surface area contributed by atoms with Gasteiger partial charge in [0.25, 0.3) is 0 Å². The SMILES string of the molecule is CNc1ccc(NC(=O)N(C(CO)CO)C(CO)CO)cc1. The zero-order chi connectivity index (χ0) is 16.5. The molecule has 1 rings (SSSR count). The maximum absolute atomic E-state index is 12.3. The van der Waals surface area contributed by atoms with Gasteiger partial charge in [-0.2, -0.15) is 0 Å². The van der Waals surface area contributed by atoms with Crippen LogP contribution in [0.4, 0.5) is 16.2 Å². The van der Waals surface area contributed by atoms with Crippen molar-refractivity contribution in [1.29, 1.82) is 0 Å². The highest BCUT2D eigenvalue weighted by atomic mass is 16.3. The highest BCUT2D eigenvalue weighted by Gasteiger charge is 2.29. The Bertz CT molecular complexity index is 434. The van der Waals surface area contributed by atoms with Crippen molar-refractivity contribution in [3.63, 3.8) is 0 Å². The molecule has 124 valence electrons. The molecule has 2 amide bonds. The normalized spacial score (nSPS) is 10.9. The highest BCUT2D eigenvalue weighted by Crippen LogP contribution is 2.15. The first-order valence-corrected chi connectivity index (χ1v) is 6.91. The zero-order valence-corrected chi connectivity index (χ0v) is 12.4. The summed E-state index contributed by atoms with van der Waals surface area (Å²) in [7, 11) is 1.77. The number of amides is 2. The van der Waals surface area contributed by atoms with Gasteiger partial charge in [-0.3, -0.25) is 0 Å². The second kappa shape index (κ2) is 9.21. The Balaban J connectivity index is 2.90. The van der Waals surface area contributed by atoms with Gasteiger partial charge in [-0.25, -0.2) is 4.79 Å². The second-order valence-electron chi connectivity index (χ2n) is 4.70. The van der Waals surface area contributed by atoms with Gasteiger partial charge in [-0.1, -0.05) is 0 Å². The standard InChI is InChI=1S/C14H23N3O5/c1-15-10-2-4-11(5-3-10)16-14(22)17(12(6-18)7-19)13(8-20)9-21/h2-5,12-13,15,18-21H,6-9H2,1H3,(H,16,22). The van der Waals surface area contributed by atoms with Crippen molar-refractivity contribution in [3.8, 4) is 0 Å². The third-order valence-corrected chi connectivity index (χ3v) is 3.29. The molecule has 1 aromatic carbocycles. The van der Waals surface area contributed by atoms with E-state index in [1.807, 2.05) is 0 Å². The van der Waals surface area contributed by atoms with Gasteiger partial charge in [-0.15, -0.1) is 0 Å². The monoisotopic (exact) mass is 313 g/mol. The molecule has 1 aromatic rings. The number of aliphatic hydroxyl groups excluding tert-OH is 4. The molecule has 22 heavy (non-hydrogen) atoms. The topological polar surface area (TPSA) is 125 Å². The van der Waals surface area contributed by atoms with Gasteiger partial charge in [0.2, 0.25) is 0 Å². The highest BCUT2D eigenvalue weighted by molar-refractivity contribution is 5.90. The summed E-state index contributed by atoms with van der Waals surface area (Å²) in [5.41, 5.74) is 1.39. The molecule has 0 bridgehead atoms. The lowest BCUT2D eigenvalue weighted by atomic mass is 10.2. The maximum Gasteiger partial charge on any atom is 0.322 e. The van der Waals surface area contributed by atoms with Crippen molar-refractivity contribution in [2.24, 2.45) is 0 Å². The van der Waals surface area contributed by atoms with E-state index in [-0.39, 0.29) is 0 Å². The molecule has 0 heterocycles. The molecule has 8 nitrogen and oxygen atoms in total. The van der Waals surface area contributed by atoms with E-state index in [1.165, 1.54) is 0 Å². The largest absolute Gasteiger partial charge is 0.394 e. The van der Waals surface area contributed by atoms with Crippen LogP contribution in [0.1, 0.15) is 0 Å². The molecule has 8 heteroatoms. The summed E-state index contributed by atoms with van der Waals surface area (Å²) in [6, 6.07) is 4.44.